The Kier molecular flexibility index (Phi) is 8.99. The molecule has 3 unspecified atom stereocenters. The van der Waals surface area contributed by atoms with Gasteiger partial charge in [0.2, 0.25) is 11.8 Å². The SMILES string of the molecule is C=CCN(CCC)C(=O)[C@@H]1[C@H]2C(=O)N([C@@H](CC)CO)C(C(=O)N(CC=C)c3ccc(OC)cc3)C23CC(C)[C@@]1(C)O3. The van der Waals surface area contributed by atoms with Gasteiger partial charge in [-0.1, -0.05) is 32.9 Å². The molecule has 0 aliphatic carbocycles. The molecule has 1 spiro atoms. The summed E-state index contributed by atoms with van der Waals surface area (Å²) in [6, 6.07) is 5.52. The molecule has 7 atom stereocenters. The maximum atomic E-state index is 14.7. The molecule has 0 aromatic heterocycles. The standard InChI is InChI=1S/C32H45N3O6/c1-8-16-33(17-9-2)28(37)25-26-29(38)35(22(11-4)20-36)27(32(26)19-21(5)31(25,6)41-32)30(39)34(18-10-3)23-12-14-24(40-7)15-13-23/h8,10,12-15,21-22,25-27,36H,1,3,9,11,16-20H2,2,4-7H3/t21?,22-,25-,26-,27?,31+,32?/m0/s1. The van der Waals surface area contributed by atoms with Crippen LogP contribution in [0.5, 0.6) is 5.75 Å². The number of aliphatic hydroxyl groups is 1. The lowest BCUT2D eigenvalue weighted by Crippen LogP contribution is -2.59. The largest absolute Gasteiger partial charge is 0.497 e. The van der Waals surface area contributed by atoms with Crippen LogP contribution in [-0.2, 0) is 19.1 Å². The summed E-state index contributed by atoms with van der Waals surface area (Å²) in [4.78, 5) is 48.3. The van der Waals surface area contributed by atoms with Crippen molar-refractivity contribution < 1.29 is 29.0 Å². The number of hydrogen-bond donors (Lipinski definition) is 1. The average Bonchev–Trinajstić information content (AvgIpc) is 3.48. The Morgan fingerprint density at radius 2 is 1.85 bits per heavy atom. The normalized spacial score (nSPS) is 30.6. The number of benzene rings is 1. The zero-order chi connectivity index (χ0) is 30.1. The van der Waals surface area contributed by atoms with Gasteiger partial charge in [-0.2, -0.15) is 0 Å². The Labute approximate surface area is 243 Å². The molecular formula is C32H45N3O6. The molecular weight excluding hydrogens is 522 g/mol. The molecule has 0 saturated carbocycles. The topological polar surface area (TPSA) is 99.6 Å². The van der Waals surface area contributed by atoms with Crippen LogP contribution in [0.3, 0.4) is 0 Å². The zero-order valence-corrected chi connectivity index (χ0v) is 25.0. The van der Waals surface area contributed by atoms with Crippen LogP contribution in [0.2, 0.25) is 0 Å². The van der Waals surface area contributed by atoms with Crippen LogP contribution >= 0.6 is 0 Å². The van der Waals surface area contributed by atoms with Gasteiger partial charge in [0.05, 0.1) is 37.2 Å². The Morgan fingerprint density at radius 1 is 1.20 bits per heavy atom. The minimum absolute atomic E-state index is 0.0778. The smallest absolute Gasteiger partial charge is 0.253 e. The number of nitrogens with zero attached hydrogens (tertiary/aromatic N) is 3. The fourth-order valence-corrected chi connectivity index (χ4v) is 7.41. The minimum Gasteiger partial charge on any atom is -0.497 e. The molecule has 3 saturated heterocycles. The molecule has 3 fully saturated rings. The molecule has 4 rings (SSSR count). The first-order valence-corrected chi connectivity index (χ1v) is 14.7. The van der Waals surface area contributed by atoms with E-state index in [1.807, 2.05) is 27.7 Å². The molecule has 1 aromatic carbocycles. The molecule has 9 heteroatoms. The van der Waals surface area contributed by atoms with Gasteiger partial charge < -0.3 is 29.3 Å². The fourth-order valence-electron chi connectivity index (χ4n) is 7.41. The monoisotopic (exact) mass is 567 g/mol. The van der Waals surface area contributed by atoms with Crippen molar-refractivity contribution in [2.24, 2.45) is 17.8 Å². The van der Waals surface area contributed by atoms with E-state index < -0.39 is 35.1 Å². The maximum Gasteiger partial charge on any atom is 0.253 e. The number of likely N-dealkylation sites (tertiary alicyclic amines) is 1. The van der Waals surface area contributed by atoms with Crippen LogP contribution in [-0.4, -0.2) is 89.3 Å². The van der Waals surface area contributed by atoms with Crippen molar-refractivity contribution in [1.29, 1.82) is 0 Å². The molecule has 1 aromatic rings. The van der Waals surface area contributed by atoms with Crippen molar-refractivity contribution >= 4 is 23.4 Å². The Hall–Kier alpha value is -3.17. The summed E-state index contributed by atoms with van der Waals surface area (Å²) in [5.74, 6) is -1.79. The number of hydrogen-bond acceptors (Lipinski definition) is 6. The van der Waals surface area contributed by atoms with Crippen molar-refractivity contribution in [2.75, 3.05) is 38.3 Å². The first-order valence-electron chi connectivity index (χ1n) is 14.7. The highest BCUT2D eigenvalue weighted by Crippen LogP contribution is 2.66. The van der Waals surface area contributed by atoms with E-state index in [0.717, 1.165) is 6.42 Å². The van der Waals surface area contributed by atoms with Crippen LogP contribution in [0.4, 0.5) is 5.69 Å². The lowest BCUT2D eigenvalue weighted by molar-refractivity contribution is -0.153. The molecule has 3 heterocycles. The Morgan fingerprint density at radius 3 is 2.39 bits per heavy atom. The second kappa shape index (κ2) is 12.0. The van der Waals surface area contributed by atoms with Gasteiger partial charge >= 0.3 is 0 Å². The second-order valence-corrected chi connectivity index (χ2v) is 11.7. The summed E-state index contributed by atoms with van der Waals surface area (Å²) in [7, 11) is 1.58. The van der Waals surface area contributed by atoms with E-state index in [0.29, 0.717) is 37.4 Å². The highest BCUT2D eigenvalue weighted by atomic mass is 16.5. The van der Waals surface area contributed by atoms with E-state index in [1.165, 1.54) is 4.90 Å². The van der Waals surface area contributed by atoms with Crippen molar-refractivity contribution in [2.45, 2.75) is 70.2 Å². The van der Waals surface area contributed by atoms with Gasteiger partial charge in [0, 0.05) is 25.3 Å². The van der Waals surface area contributed by atoms with Crippen LogP contribution in [0, 0.1) is 17.8 Å². The highest BCUT2D eigenvalue weighted by Gasteiger charge is 2.80. The molecule has 0 radical (unpaired) electrons. The van der Waals surface area contributed by atoms with Crippen LogP contribution in [0.15, 0.2) is 49.6 Å². The second-order valence-electron chi connectivity index (χ2n) is 11.7. The molecule has 41 heavy (non-hydrogen) atoms. The van der Waals surface area contributed by atoms with E-state index in [1.54, 1.807) is 53.3 Å². The molecule has 1 N–H and O–H groups in total. The number of rotatable bonds is 13. The molecule has 9 nitrogen and oxygen atoms in total. The number of ether oxygens (including phenoxy) is 2. The number of aliphatic hydroxyl groups excluding tert-OH is 1. The quantitative estimate of drug-likeness (QED) is 0.367. The zero-order valence-electron chi connectivity index (χ0n) is 25.0. The predicted octanol–water partition coefficient (Wildman–Crippen LogP) is 3.42. The van der Waals surface area contributed by atoms with E-state index in [2.05, 4.69) is 13.2 Å². The average molecular weight is 568 g/mol. The Balaban J connectivity index is 1.86. The summed E-state index contributed by atoms with van der Waals surface area (Å²) in [5, 5.41) is 10.4. The predicted molar refractivity (Wildman–Crippen MR) is 157 cm³/mol. The van der Waals surface area contributed by atoms with Gasteiger partial charge in [-0.3, -0.25) is 14.4 Å². The number of carbonyl (C=O) groups is 3. The van der Waals surface area contributed by atoms with Crippen LogP contribution < -0.4 is 9.64 Å². The Bertz CT molecular complexity index is 1170. The third-order valence-electron chi connectivity index (χ3n) is 9.44. The first kappa shape index (κ1) is 30.8. The molecule has 224 valence electrons. The number of amides is 3. The lowest BCUT2D eigenvalue weighted by Gasteiger charge is -2.39. The van der Waals surface area contributed by atoms with E-state index >= 15 is 0 Å². The molecule has 3 amide bonds. The number of fused-ring (bicyclic) bond motifs is 1. The lowest BCUT2D eigenvalue weighted by atomic mass is 9.62. The molecule has 2 bridgehead atoms. The summed E-state index contributed by atoms with van der Waals surface area (Å²) < 4.78 is 12.2. The number of methoxy groups -OCH3 is 1. The number of carbonyl (C=O) groups excluding carboxylic acids is 3. The first-order chi connectivity index (χ1) is 19.6. The third-order valence-corrected chi connectivity index (χ3v) is 9.44. The van der Waals surface area contributed by atoms with E-state index in [9.17, 15) is 19.5 Å². The molecule has 3 aliphatic heterocycles. The van der Waals surface area contributed by atoms with Crippen LogP contribution in [0.25, 0.3) is 0 Å². The van der Waals surface area contributed by atoms with Crippen molar-refractivity contribution in [1.82, 2.24) is 9.80 Å². The van der Waals surface area contributed by atoms with Gasteiger partial charge in [0.15, 0.2) is 0 Å². The summed E-state index contributed by atoms with van der Waals surface area (Å²) in [6.45, 7) is 16.3. The third kappa shape index (κ3) is 4.77. The van der Waals surface area contributed by atoms with Crippen LogP contribution in [0.1, 0.15) is 47.0 Å². The van der Waals surface area contributed by atoms with Gasteiger partial charge in [-0.25, -0.2) is 0 Å². The minimum atomic E-state index is -1.21. The van der Waals surface area contributed by atoms with Gasteiger partial charge in [-0.05, 0) is 56.4 Å². The summed E-state index contributed by atoms with van der Waals surface area (Å²) in [5.41, 5.74) is -1.50. The highest BCUT2D eigenvalue weighted by molar-refractivity contribution is 6.05. The van der Waals surface area contributed by atoms with Gasteiger partial charge in [0.25, 0.3) is 5.91 Å². The van der Waals surface area contributed by atoms with Crippen molar-refractivity contribution in [3.05, 3.63) is 49.6 Å². The van der Waals surface area contributed by atoms with Crippen molar-refractivity contribution in [3.8, 4) is 5.75 Å². The fraction of sp³-hybridized carbons (Fsp3) is 0.594. The summed E-state index contributed by atoms with van der Waals surface area (Å²) in [6.07, 6.45) is 5.00. The molecule has 3 aliphatic rings. The van der Waals surface area contributed by atoms with Gasteiger partial charge in [0.1, 0.15) is 17.4 Å². The van der Waals surface area contributed by atoms with Gasteiger partial charge in [-0.15, -0.1) is 13.2 Å². The number of anilines is 1. The van der Waals surface area contributed by atoms with E-state index in [4.69, 9.17) is 9.47 Å². The van der Waals surface area contributed by atoms with Crippen molar-refractivity contribution in [3.63, 3.8) is 0 Å². The van der Waals surface area contributed by atoms with E-state index in [-0.39, 0.29) is 36.8 Å². The maximum absolute atomic E-state index is 14.7. The summed E-state index contributed by atoms with van der Waals surface area (Å²) >= 11 is 0.